The molecule has 0 aromatic heterocycles. The summed E-state index contributed by atoms with van der Waals surface area (Å²) in [6.07, 6.45) is 2.53. The zero-order valence-electron chi connectivity index (χ0n) is 11.0. The largest absolute Gasteiger partial charge is 0.332 e. The second kappa shape index (κ2) is 5.42. The van der Waals surface area contributed by atoms with Gasteiger partial charge in [0.15, 0.2) is 0 Å². The zero-order valence-corrected chi connectivity index (χ0v) is 12.7. The Hall–Kier alpha value is -0.990. The molecule has 1 aromatic carbocycles. The summed E-state index contributed by atoms with van der Waals surface area (Å²) in [6.45, 7) is 2.24. The molecule has 1 fully saturated rings. The number of rotatable bonds is 3. The number of piperidine rings is 1. The van der Waals surface area contributed by atoms with E-state index in [9.17, 15) is 20.7 Å². The topological polar surface area (TPSA) is 71.5 Å². The molecule has 0 radical (unpaired) electrons. The highest BCUT2D eigenvalue weighted by atomic mass is 32.3. The van der Waals surface area contributed by atoms with E-state index in [2.05, 4.69) is 0 Å². The van der Waals surface area contributed by atoms with Crippen LogP contribution in [0.1, 0.15) is 24.8 Å². The summed E-state index contributed by atoms with van der Waals surface area (Å²) in [7, 11) is -8.69. The van der Waals surface area contributed by atoms with Crippen molar-refractivity contribution in [3.63, 3.8) is 0 Å². The Morgan fingerprint density at radius 3 is 2.20 bits per heavy atom. The first-order valence-electron chi connectivity index (χ1n) is 6.28. The van der Waals surface area contributed by atoms with Gasteiger partial charge in [0.2, 0.25) is 10.0 Å². The number of aryl methyl sites for hydroxylation is 1. The molecule has 112 valence electrons. The average Bonchev–Trinajstić information content (AvgIpc) is 2.38. The van der Waals surface area contributed by atoms with Crippen molar-refractivity contribution in [2.24, 2.45) is 0 Å². The summed E-state index contributed by atoms with van der Waals surface area (Å²) < 4.78 is 61.3. The van der Waals surface area contributed by atoms with Crippen LogP contribution in [0.15, 0.2) is 28.0 Å². The Balaban J connectivity index is 2.47. The lowest BCUT2D eigenvalue weighted by molar-refractivity contribution is 0.346. The molecule has 5 nitrogen and oxygen atoms in total. The van der Waals surface area contributed by atoms with E-state index in [1.165, 1.54) is 23.4 Å². The van der Waals surface area contributed by atoms with Crippen LogP contribution in [0.3, 0.4) is 0 Å². The Morgan fingerprint density at radius 2 is 1.65 bits per heavy atom. The molecule has 0 bridgehead atoms. The van der Waals surface area contributed by atoms with Crippen LogP contribution >= 0.6 is 0 Å². The van der Waals surface area contributed by atoms with Crippen LogP contribution in [-0.2, 0) is 20.2 Å². The lowest BCUT2D eigenvalue weighted by atomic mass is 10.2. The molecular formula is C12H16FNO4S2. The lowest BCUT2D eigenvalue weighted by Gasteiger charge is -2.26. The SMILES string of the molecule is Cc1ccc(S(=O)(=O)N2CCCCC2)cc1S(=O)(=O)F. The van der Waals surface area contributed by atoms with Gasteiger partial charge in [0.1, 0.15) is 4.90 Å². The highest BCUT2D eigenvalue weighted by molar-refractivity contribution is 7.89. The molecule has 0 unspecified atom stereocenters. The molecule has 0 saturated carbocycles. The predicted octanol–water partition coefficient (Wildman–Crippen LogP) is 1.83. The van der Waals surface area contributed by atoms with Crippen molar-refractivity contribution in [3.05, 3.63) is 23.8 Å². The number of nitrogens with zero attached hydrogens (tertiary/aromatic N) is 1. The third-order valence-electron chi connectivity index (χ3n) is 3.38. The van der Waals surface area contributed by atoms with Crippen molar-refractivity contribution in [2.75, 3.05) is 13.1 Å². The molecule has 0 N–H and O–H groups in total. The standard InChI is InChI=1S/C12H16FNO4S2/c1-10-5-6-11(9-12(10)19(13,15)16)20(17,18)14-7-3-2-4-8-14/h5-6,9H,2-4,7-8H2,1H3. The first-order chi connectivity index (χ1) is 9.23. The fourth-order valence-electron chi connectivity index (χ4n) is 2.26. The van der Waals surface area contributed by atoms with Crippen LogP contribution in [0.4, 0.5) is 3.89 Å². The molecule has 0 spiro atoms. The molecule has 20 heavy (non-hydrogen) atoms. The normalized spacial score (nSPS) is 18.1. The lowest BCUT2D eigenvalue weighted by Crippen LogP contribution is -2.35. The van der Waals surface area contributed by atoms with Crippen molar-refractivity contribution in [2.45, 2.75) is 36.0 Å². The molecular weight excluding hydrogens is 305 g/mol. The van der Waals surface area contributed by atoms with Gasteiger partial charge in [-0.2, -0.15) is 12.7 Å². The molecule has 1 aromatic rings. The van der Waals surface area contributed by atoms with Gasteiger partial charge in [0, 0.05) is 13.1 Å². The van der Waals surface area contributed by atoms with E-state index in [4.69, 9.17) is 0 Å². The summed E-state index contributed by atoms with van der Waals surface area (Å²) in [4.78, 5) is -0.767. The van der Waals surface area contributed by atoms with Gasteiger partial charge >= 0.3 is 10.2 Å². The van der Waals surface area contributed by atoms with E-state index < -0.39 is 25.1 Å². The minimum atomic E-state index is -4.93. The minimum Gasteiger partial charge on any atom is -0.207 e. The van der Waals surface area contributed by atoms with Gasteiger partial charge in [-0.25, -0.2) is 8.42 Å². The number of sulfonamides is 1. The van der Waals surface area contributed by atoms with E-state index >= 15 is 0 Å². The number of benzene rings is 1. The van der Waals surface area contributed by atoms with Crippen LogP contribution < -0.4 is 0 Å². The van der Waals surface area contributed by atoms with Crippen molar-refractivity contribution >= 4 is 20.2 Å². The summed E-state index contributed by atoms with van der Waals surface area (Å²) in [6, 6.07) is 3.52. The molecule has 8 heteroatoms. The molecule has 1 heterocycles. The highest BCUT2D eigenvalue weighted by Gasteiger charge is 2.28. The van der Waals surface area contributed by atoms with E-state index in [0.717, 1.165) is 25.3 Å². The van der Waals surface area contributed by atoms with Crippen LogP contribution in [0.25, 0.3) is 0 Å². The highest BCUT2D eigenvalue weighted by Crippen LogP contribution is 2.25. The Labute approximate surface area is 118 Å². The van der Waals surface area contributed by atoms with Gasteiger partial charge < -0.3 is 0 Å². The second-order valence-electron chi connectivity index (χ2n) is 4.83. The third-order valence-corrected chi connectivity index (χ3v) is 6.23. The van der Waals surface area contributed by atoms with Gasteiger partial charge in [-0.3, -0.25) is 0 Å². The van der Waals surface area contributed by atoms with Crippen LogP contribution in [0.2, 0.25) is 0 Å². The quantitative estimate of drug-likeness (QED) is 0.796. The maximum Gasteiger partial charge on any atom is 0.332 e. The molecule has 1 aliphatic rings. The maximum absolute atomic E-state index is 13.2. The smallest absolute Gasteiger partial charge is 0.207 e. The molecule has 0 atom stereocenters. The van der Waals surface area contributed by atoms with Crippen molar-refractivity contribution in [1.82, 2.24) is 4.31 Å². The fraction of sp³-hybridized carbons (Fsp3) is 0.500. The van der Waals surface area contributed by atoms with Crippen LogP contribution in [-0.4, -0.2) is 34.2 Å². The second-order valence-corrected chi connectivity index (χ2v) is 8.08. The van der Waals surface area contributed by atoms with E-state index in [1.807, 2.05) is 0 Å². The van der Waals surface area contributed by atoms with Gasteiger partial charge in [-0.15, -0.1) is 3.89 Å². The van der Waals surface area contributed by atoms with Crippen molar-refractivity contribution in [1.29, 1.82) is 0 Å². The van der Waals surface area contributed by atoms with E-state index in [0.29, 0.717) is 13.1 Å². The Morgan fingerprint density at radius 1 is 1.05 bits per heavy atom. The molecule has 0 amide bonds. The first kappa shape index (κ1) is 15.4. The molecule has 1 saturated heterocycles. The maximum atomic E-state index is 13.2. The molecule has 2 rings (SSSR count). The Bertz CT molecular complexity index is 707. The van der Waals surface area contributed by atoms with Crippen molar-refractivity contribution < 1.29 is 20.7 Å². The summed E-state index contributed by atoms with van der Waals surface area (Å²) in [5.74, 6) is 0. The number of hydrogen-bond acceptors (Lipinski definition) is 4. The monoisotopic (exact) mass is 321 g/mol. The van der Waals surface area contributed by atoms with Gasteiger partial charge in [0.05, 0.1) is 4.90 Å². The summed E-state index contributed by atoms with van der Waals surface area (Å²) in [5.41, 5.74) is 0.185. The first-order valence-corrected chi connectivity index (χ1v) is 9.11. The predicted molar refractivity (Wildman–Crippen MR) is 72.1 cm³/mol. The molecule has 1 aliphatic heterocycles. The van der Waals surface area contributed by atoms with Crippen LogP contribution in [0, 0.1) is 6.92 Å². The number of halogens is 1. The zero-order chi connectivity index (χ0) is 15.0. The minimum absolute atomic E-state index is 0.179. The van der Waals surface area contributed by atoms with Crippen LogP contribution in [0.5, 0.6) is 0 Å². The van der Waals surface area contributed by atoms with Gasteiger partial charge in [-0.1, -0.05) is 12.5 Å². The summed E-state index contributed by atoms with van der Waals surface area (Å²) in [5, 5.41) is 0. The van der Waals surface area contributed by atoms with Gasteiger partial charge in [0.25, 0.3) is 0 Å². The Kier molecular flexibility index (Phi) is 4.17. The van der Waals surface area contributed by atoms with E-state index in [-0.39, 0.29) is 10.5 Å². The average molecular weight is 321 g/mol. The summed E-state index contributed by atoms with van der Waals surface area (Å²) >= 11 is 0. The van der Waals surface area contributed by atoms with Gasteiger partial charge in [-0.05, 0) is 37.5 Å². The van der Waals surface area contributed by atoms with E-state index in [1.54, 1.807) is 0 Å². The number of hydrogen-bond donors (Lipinski definition) is 0. The molecule has 0 aliphatic carbocycles. The fourth-order valence-corrected chi connectivity index (χ4v) is 4.60. The third kappa shape index (κ3) is 3.02. The van der Waals surface area contributed by atoms with Crippen molar-refractivity contribution in [3.8, 4) is 0 Å².